The molecule has 0 aliphatic carbocycles. The maximum absolute atomic E-state index is 11.2. The van der Waals surface area contributed by atoms with Crippen LogP contribution >= 0.6 is 0 Å². The van der Waals surface area contributed by atoms with Gasteiger partial charge in [-0.05, 0) is 6.42 Å². The summed E-state index contributed by atoms with van der Waals surface area (Å²) in [5, 5.41) is 0. The van der Waals surface area contributed by atoms with E-state index in [4.69, 9.17) is 0 Å². The Balaban J connectivity index is 2.63. The first-order valence-electron chi connectivity index (χ1n) is 4.94. The number of aromatic amines is 1. The minimum atomic E-state index is -0.428. The highest BCUT2D eigenvalue weighted by Gasteiger charge is 1.98. The summed E-state index contributed by atoms with van der Waals surface area (Å²) in [7, 11) is 1.43. The van der Waals surface area contributed by atoms with Crippen molar-refractivity contribution in [3.8, 4) is 0 Å². The quantitative estimate of drug-likeness (QED) is 0.466. The molecule has 0 fully saturated rings. The van der Waals surface area contributed by atoms with Crippen LogP contribution in [0.2, 0.25) is 0 Å². The third kappa shape index (κ3) is 3.25. The van der Waals surface area contributed by atoms with Crippen molar-refractivity contribution in [2.24, 2.45) is 7.05 Å². The maximum atomic E-state index is 11.2. The van der Waals surface area contributed by atoms with Gasteiger partial charge in [0.25, 0.3) is 5.56 Å². The lowest BCUT2D eigenvalue weighted by Crippen LogP contribution is -2.34. The zero-order valence-corrected chi connectivity index (χ0v) is 8.96. The topological polar surface area (TPSA) is 78.9 Å². The molecule has 1 aromatic heterocycles. The first-order valence-corrected chi connectivity index (χ1v) is 4.94. The number of aromatic nitrogens is 2. The lowest BCUT2D eigenvalue weighted by molar-refractivity contribution is 0.695. The van der Waals surface area contributed by atoms with Crippen LogP contribution in [0, 0.1) is 0 Å². The minimum absolute atomic E-state index is 0.335. The Kier molecular flexibility index (Phi) is 4.11. The molecular weight excluding hydrogens is 196 g/mol. The molecule has 1 aromatic rings. The average Bonchev–Trinajstić information content (AvgIpc) is 2.21. The van der Waals surface area contributed by atoms with E-state index < -0.39 is 5.69 Å². The van der Waals surface area contributed by atoms with Crippen LogP contribution in [0.25, 0.3) is 0 Å². The normalized spacial score (nSPS) is 10.3. The van der Waals surface area contributed by atoms with Gasteiger partial charge in [0.2, 0.25) is 0 Å². The first kappa shape index (κ1) is 11.5. The van der Waals surface area contributed by atoms with Crippen LogP contribution in [0.3, 0.4) is 0 Å². The second-order valence-electron chi connectivity index (χ2n) is 3.29. The van der Waals surface area contributed by atoms with Crippen LogP contribution in [0.1, 0.15) is 19.8 Å². The average molecular weight is 212 g/mol. The smallest absolute Gasteiger partial charge is 0.307 e. The van der Waals surface area contributed by atoms with Crippen molar-refractivity contribution in [3.05, 3.63) is 26.9 Å². The number of unbranched alkanes of at least 4 members (excludes halogenated alkanes) is 1. The monoisotopic (exact) mass is 212 g/mol. The molecule has 0 spiro atoms. The van der Waals surface area contributed by atoms with E-state index in [1.165, 1.54) is 13.1 Å². The molecule has 1 heterocycles. The predicted octanol–water partition coefficient (Wildman–Crippen LogP) is -0.210. The van der Waals surface area contributed by atoms with Gasteiger partial charge < -0.3 is 5.43 Å². The molecule has 0 unspecified atom stereocenters. The van der Waals surface area contributed by atoms with E-state index in [1.807, 2.05) is 0 Å². The molecule has 0 atom stereocenters. The van der Waals surface area contributed by atoms with Gasteiger partial charge in [-0.25, -0.2) is 10.2 Å². The zero-order valence-electron chi connectivity index (χ0n) is 8.96. The molecule has 3 N–H and O–H groups in total. The summed E-state index contributed by atoms with van der Waals surface area (Å²) in [6, 6.07) is 1.33. The van der Waals surface area contributed by atoms with E-state index in [0.717, 1.165) is 24.0 Å². The lowest BCUT2D eigenvalue weighted by Gasteiger charge is -2.07. The standard InChI is InChI=1S/C9H16N4O2/c1-3-4-5-10-12-7-6-8(14)13(2)9(15)11-7/h6,10,12H,3-5H2,1-2H3,(H,11,15). The van der Waals surface area contributed by atoms with Gasteiger partial charge in [-0.15, -0.1) is 0 Å². The number of hydrogen-bond donors (Lipinski definition) is 3. The third-order valence-corrected chi connectivity index (χ3v) is 2.02. The predicted molar refractivity (Wildman–Crippen MR) is 58.8 cm³/mol. The zero-order chi connectivity index (χ0) is 11.3. The highest BCUT2D eigenvalue weighted by atomic mass is 16.2. The Bertz CT molecular complexity index is 390. The van der Waals surface area contributed by atoms with E-state index >= 15 is 0 Å². The molecule has 0 bridgehead atoms. The molecule has 0 saturated carbocycles. The van der Waals surface area contributed by atoms with E-state index in [0.29, 0.717) is 5.82 Å². The van der Waals surface area contributed by atoms with Crippen LogP contribution in [0.4, 0.5) is 5.82 Å². The molecule has 0 saturated heterocycles. The van der Waals surface area contributed by atoms with Crippen molar-refractivity contribution in [2.75, 3.05) is 12.0 Å². The summed E-state index contributed by atoms with van der Waals surface area (Å²) in [5.74, 6) is 0.388. The SMILES string of the molecule is CCCCNNc1cc(=O)n(C)c(=O)[nH]1. The summed E-state index contributed by atoms with van der Waals surface area (Å²) >= 11 is 0. The van der Waals surface area contributed by atoms with Crippen LogP contribution in [-0.4, -0.2) is 16.1 Å². The Morgan fingerprint density at radius 1 is 1.47 bits per heavy atom. The molecule has 1 rings (SSSR count). The van der Waals surface area contributed by atoms with E-state index in [9.17, 15) is 9.59 Å². The van der Waals surface area contributed by atoms with Crippen molar-refractivity contribution >= 4 is 5.82 Å². The van der Waals surface area contributed by atoms with Crippen LogP contribution < -0.4 is 22.1 Å². The molecular formula is C9H16N4O2. The number of nitrogens with zero attached hydrogens (tertiary/aromatic N) is 1. The maximum Gasteiger partial charge on any atom is 0.329 e. The van der Waals surface area contributed by atoms with Crippen molar-refractivity contribution in [1.29, 1.82) is 0 Å². The van der Waals surface area contributed by atoms with Gasteiger partial charge in [0, 0.05) is 19.7 Å². The van der Waals surface area contributed by atoms with Crippen LogP contribution in [0.15, 0.2) is 15.7 Å². The van der Waals surface area contributed by atoms with Gasteiger partial charge in [-0.3, -0.25) is 14.3 Å². The fourth-order valence-corrected chi connectivity index (χ4v) is 1.05. The van der Waals surface area contributed by atoms with Gasteiger partial charge in [0.05, 0.1) is 0 Å². The molecule has 0 aromatic carbocycles. The molecule has 84 valence electrons. The minimum Gasteiger partial charge on any atom is -0.307 e. The molecule has 6 nitrogen and oxygen atoms in total. The largest absolute Gasteiger partial charge is 0.329 e. The van der Waals surface area contributed by atoms with Gasteiger partial charge in [-0.1, -0.05) is 13.3 Å². The van der Waals surface area contributed by atoms with Gasteiger partial charge in [-0.2, -0.15) is 0 Å². The number of anilines is 1. The Labute approximate surface area is 87.3 Å². The Morgan fingerprint density at radius 2 is 2.20 bits per heavy atom. The second-order valence-corrected chi connectivity index (χ2v) is 3.29. The van der Waals surface area contributed by atoms with Crippen molar-refractivity contribution in [3.63, 3.8) is 0 Å². The van der Waals surface area contributed by atoms with Crippen molar-refractivity contribution in [1.82, 2.24) is 15.0 Å². The fourth-order valence-electron chi connectivity index (χ4n) is 1.05. The summed E-state index contributed by atoms with van der Waals surface area (Å²) in [4.78, 5) is 24.9. The van der Waals surface area contributed by atoms with Gasteiger partial charge >= 0.3 is 5.69 Å². The van der Waals surface area contributed by atoms with E-state index in [2.05, 4.69) is 22.8 Å². The number of hydrazine groups is 1. The van der Waals surface area contributed by atoms with Crippen LogP contribution in [-0.2, 0) is 7.05 Å². The lowest BCUT2D eigenvalue weighted by atomic mass is 10.3. The summed E-state index contributed by atoms with van der Waals surface area (Å²) in [5.41, 5.74) is 4.91. The second kappa shape index (κ2) is 5.35. The number of hydrogen-bond acceptors (Lipinski definition) is 4. The Morgan fingerprint density at radius 3 is 2.80 bits per heavy atom. The molecule has 0 aliphatic heterocycles. The number of H-pyrrole nitrogens is 1. The van der Waals surface area contributed by atoms with Crippen molar-refractivity contribution in [2.45, 2.75) is 19.8 Å². The number of rotatable bonds is 5. The summed E-state index contributed by atoms with van der Waals surface area (Å²) < 4.78 is 1.01. The molecule has 0 aliphatic rings. The molecule has 6 heteroatoms. The highest BCUT2D eigenvalue weighted by molar-refractivity contribution is 5.30. The molecule has 15 heavy (non-hydrogen) atoms. The molecule has 0 amide bonds. The third-order valence-electron chi connectivity index (χ3n) is 2.02. The summed E-state index contributed by atoms with van der Waals surface area (Å²) in [6.45, 7) is 2.87. The fraction of sp³-hybridized carbons (Fsp3) is 0.556. The number of nitrogens with one attached hydrogen (secondary N) is 3. The first-order chi connectivity index (χ1) is 7.15. The van der Waals surface area contributed by atoms with Gasteiger partial charge in [0.1, 0.15) is 5.82 Å². The van der Waals surface area contributed by atoms with Gasteiger partial charge in [0.15, 0.2) is 0 Å². The molecule has 0 radical (unpaired) electrons. The highest BCUT2D eigenvalue weighted by Crippen LogP contribution is 1.90. The summed E-state index contributed by atoms with van der Waals surface area (Å²) in [6.07, 6.45) is 2.11. The van der Waals surface area contributed by atoms with E-state index in [1.54, 1.807) is 0 Å². The van der Waals surface area contributed by atoms with Crippen LogP contribution in [0.5, 0.6) is 0 Å². The van der Waals surface area contributed by atoms with E-state index in [-0.39, 0.29) is 5.56 Å². The Hall–Kier alpha value is -1.56. The van der Waals surface area contributed by atoms with Crippen molar-refractivity contribution < 1.29 is 0 Å².